The van der Waals surface area contributed by atoms with Gasteiger partial charge in [-0.15, -0.1) is 0 Å². The maximum absolute atomic E-state index is 13.3. The molecule has 1 aromatic heterocycles. The first-order chi connectivity index (χ1) is 14.9. The first-order valence-corrected chi connectivity index (χ1v) is 9.89. The summed E-state index contributed by atoms with van der Waals surface area (Å²) in [5.41, 5.74) is 2.73. The number of nitrogens with one attached hydrogen (secondary N) is 1. The third-order valence-corrected chi connectivity index (χ3v) is 5.23. The first-order valence-electron chi connectivity index (χ1n) is 9.89. The van der Waals surface area contributed by atoms with Crippen LogP contribution in [0, 0.1) is 12.7 Å². The quantitative estimate of drug-likeness (QED) is 0.676. The fourth-order valence-corrected chi connectivity index (χ4v) is 3.63. The van der Waals surface area contributed by atoms with Gasteiger partial charge in [-0.05, 0) is 55.3 Å². The van der Waals surface area contributed by atoms with Gasteiger partial charge >= 0.3 is 0 Å². The van der Waals surface area contributed by atoms with Gasteiger partial charge in [0.2, 0.25) is 5.91 Å². The van der Waals surface area contributed by atoms with Gasteiger partial charge in [-0.2, -0.15) is 0 Å². The maximum Gasteiger partial charge on any atom is 0.228 e. The number of methoxy groups -OCH3 is 1. The molecule has 0 spiro atoms. The summed E-state index contributed by atoms with van der Waals surface area (Å²) in [6.07, 6.45) is 7.49. The number of carbonyl (C=O) groups excluding carboxylic acids is 1. The number of aliphatic imine (C=N–C) groups is 1. The second kappa shape index (κ2) is 8.18. The zero-order valence-corrected chi connectivity index (χ0v) is 17.6. The molecule has 0 saturated carbocycles. The van der Waals surface area contributed by atoms with Gasteiger partial charge < -0.3 is 14.6 Å². The smallest absolute Gasteiger partial charge is 0.228 e. The van der Waals surface area contributed by atoms with Gasteiger partial charge in [0.15, 0.2) is 0 Å². The van der Waals surface area contributed by atoms with E-state index in [9.17, 15) is 9.18 Å². The number of amidine groups is 1. The number of amides is 1. The molecule has 1 aliphatic heterocycles. The van der Waals surface area contributed by atoms with Crippen LogP contribution in [0.15, 0.2) is 66.1 Å². The molecule has 4 rings (SSSR count). The minimum atomic E-state index is -0.753. The maximum atomic E-state index is 13.3. The molecular weight excluding hydrogens is 395 g/mol. The first kappa shape index (κ1) is 20.5. The molecule has 0 saturated heterocycles. The van der Waals surface area contributed by atoms with E-state index in [4.69, 9.17) is 9.73 Å². The molecule has 1 amide bonds. The van der Waals surface area contributed by atoms with Crippen molar-refractivity contribution in [3.8, 4) is 11.4 Å². The molecule has 1 unspecified atom stereocenters. The van der Waals surface area contributed by atoms with Crippen molar-refractivity contribution in [1.29, 1.82) is 0 Å². The number of carbonyl (C=O) groups is 1. The van der Waals surface area contributed by atoms with Crippen LogP contribution in [0.1, 0.15) is 30.2 Å². The average molecular weight is 418 g/mol. The number of benzene rings is 2. The van der Waals surface area contributed by atoms with Gasteiger partial charge in [-0.3, -0.25) is 9.79 Å². The summed E-state index contributed by atoms with van der Waals surface area (Å²) >= 11 is 0. The van der Waals surface area contributed by atoms with Crippen LogP contribution < -0.4 is 10.1 Å². The molecule has 1 atom stereocenters. The van der Waals surface area contributed by atoms with Crippen molar-refractivity contribution in [2.24, 2.45) is 4.99 Å². The second-order valence-corrected chi connectivity index (χ2v) is 7.69. The molecule has 0 fully saturated rings. The normalized spacial score (nSPS) is 18.7. The highest BCUT2D eigenvalue weighted by atomic mass is 19.1. The van der Waals surface area contributed by atoms with Crippen molar-refractivity contribution >= 4 is 17.8 Å². The van der Waals surface area contributed by atoms with E-state index in [0.29, 0.717) is 11.6 Å². The Morgan fingerprint density at radius 3 is 2.65 bits per heavy atom. The summed E-state index contributed by atoms with van der Waals surface area (Å²) < 4.78 is 20.7. The van der Waals surface area contributed by atoms with E-state index in [1.807, 2.05) is 48.9 Å². The number of halogens is 1. The Morgan fingerprint density at radius 2 is 1.97 bits per heavy atom. The van der Waals surface area contributed by atoms with Crippen LogP contribution in [0.2, 0.25) is 0 Å². The predicted molar refractivity (Wildman–Crippen MR) is 118 cm³/mol. The fourth-order valence-electron chi connectivity index (χ4n) is 3.63. The number of aryl methyl sites for hydroxylation is 1. The van der Waals surface area contributed by atoms with E-state index in [-0.39, 0.29) is 18.1 Å². The van der Waals surface area contributed by atoms with Crippen LogP contribution in [0.25, 0.3) is 11.8 Å². The molecule has 6 nitrogen and oxygen atoms in total. The molecule has 0 radical (unpaired) electrons. The molecule has 0 aliphatic carbocycles. The monoisotopic (exact) mass is 418 g/mol. The molecule has 158 valence electrons. The number of ether oxygens (including phenoxy) is 1. The van der Waals surface area contributed by atoms with E-state index in [0.717, 1.165) is 22.5 Å². The second-order valence-electron chi connectivity index (χ2n) is 7.69. The molecule has 3 aromatic rings. The van der Waals surface area contributed by atoms with Crippen LogP contribution in [0.4, 0.5) is 4.39 Å². The summed E-state index contributed by atoms with van der Waals surface area (Å²) in [7, 11) is 1.62. The lowest BCUT2D eigenvalue weighted by Gasteiger charge is -2.30. The van der Waals surface area contributed by atoms with Crippen LogP contribution in [-0.4, -0.2) is 28.4 Å². The summed E-state index contributed by atoms with van der Waals surface area (Å²) in [6.45, 7) is 3.80. The largest absolute Gasteiger partial charge is 0.495 e. The minimum Gasteiger partial charge on any atom is -0.495 e. The highest BCUT2D eigenvalue weighted by Gasteiger charge is 2.33. The third kappa shape index (κ3) is 4.40. The van der Waals surface area contributed by atoms with Gasteiger partial charge in [-0.25, -0.2) is 9.37 Å². The van der Waals surface area contributed by atoms with Crippen LogP contribution in [-0.2, 0) is 10.3 Å². The fraction of sp³-hybridized carbons (Fsp3) is 0.208. The average Bonchev–Trinajstić information content (AvgIpc) is 3.18. The predicted octanol–water partition coefficient (Wildman–Crippen LogP) is 4.18. The Hall–Kier alpha value is -3.74. The Kier molecular flexibility index (Phi) is 5.42. The number of hydrogen-bond donors (Lipinski definition) is 1. The van der Waals surface area contributed by atoms with E-state index in [1.165, 1.54) is 12.1 Å². The van der Waals surface area contributed by atoms with Crippen molar-refractivity contribution in [1.82, 2.24) is 14.9 Å². The Balaban J connectivity index is 1.61. The van der Waals surface area contributed by atoms with Crippen LogP contribution >= 0.6 is 0 Å². The third-order valence-electron chi connectivity index (χ3n) is 5.23. The highest BCUT2D eigenvalue weighted by molar-refractivity contribution is 6.08. The van der Waals surface area contributed by atoms with Crippen molar-refractivity contribution in [2.75, 3.05) is 7.11 Å². The highest BCUT2D eigenvalue weighted by Crippen LogP contribution is 2.32. The van der Waals surface area contributed by atoms with Gasteiger partial charge in [0.1, 0.15) is 17.4 Å². The lowest BCUT2D eigenvalue weighted by molar-refractivity contribution is -0.121. The van der Waals surface area contributed by atoms with Crippen molar-refractivity contribution < 1.29 is 13.9 Å². The standard InChI is InChI=1S/C24H23FN4O2/c1-16-14-29(15-26-16)20-10-4-17(12-21(20)31-3)5-11-22-27-23(30)13-24(2,28-22)18-6-8-19(25)9-7-18/h4-12,14-15H,13H2,1-3H3,(H,27,28,30). The lowest BCUT2D eigenvalue weighted by Crippen LogP contribution is -2.41. The topological polar surface area (TPSA) is 68.5 Å². The summed E-state index contributed by atoms with van der Waals surface area (Å²) in [4.78, 5) is 21.3. The molecular formula is C24H23FN4O2. The van der Waals surface area contributed by atoms with Gasteiger partial charge in [0.05, 0.1) is 36.8 Å². The number of aromatic nitrogens is 2. The number of imidazole rings is 1. The summed E-state index contributed by atoms with van der Waals surface area (Å²) in [5, 5.41) is 2.80. The zero-order chi connectivity index (χ0) is 22.0. The van der Waals surface area contributed by atoms with E-state index in [2.05, 4.69) is 10.3 Å². The molecule has 7 heteroatoms. The summed E-state index contributed by atoms with van der Waals surface area (Å²) in [6, 6.07) is 11.9. The number of hydrogen-bond acceptors (Lipinski definition) is 4. The van der Waals surface area contributed by atoms with Gasteiger partial charge in [0, 0.05) is 6.20 Å². The van der Waals surface area contributed by atoms with E-state index >= 15 is 0 Å². The Bertz CT molecular complexity index is 1180. The minimum absolute atomic E-state index is 0.134. The van der Waals surface area contributed by atoms with Gasteiger partial charge in [-0.1, -0.05) is 24.3 Å². The number of nitrogens with zero attached hydrogens (tertiary/aromatic N) is 3. The van der Waals surface area contributed by atoms with E-state index < -0.39 is 5.54 Å². The van der Waals surface area contributed by atoms with Crippen LogP contribution in [0.3, 0.4) is 0 Å². The van der Waals surface area contributed by atoms with Crippen molar-refractivity contribution in [2.45, 2.75) is 25.8 Å². The molecule has 31 heavy (non-hydrogen) atoms. The molecule has 1 aliphatic rings. The van der Waals surface area contributed by atoms with Crippen molar-refractivity contribution in [3.63, 3.8) is 0 Å². The van der Waals surface area contributed by atoms with E-state index in [1.54, 1.807) is 31.6 Å². The van der Waals surface area contributed by atoms with Crippen LogP contribution in [0.5, 0.6) is 5.75 Å². The van der Waals surface area contributed by atoms with Gasteiger partial charge in [0.25, 0.3) is 0 Å². The Morgan fingerprint density at radius 1 is 1.19 bits per heavy atom. The van der Waals surface area contributed by atoms with Crippen molar-refractivity contribution in [3.05, 3.63) is 83.7 Å². The Labute approximate surface area is 180 Å². The SMILES string of the molecule is COc1cc(C=CC2=NC(C)(c3ccc(F)cc3)CC(=O)N2)ccc1-n1cnc(C)c1. The number of rotatable bonds is 5. The zero-order valence-electron chi connectivity index (χ0n) is 17.6. The molecule has 2 aromatic carbocycles. The molecule has 2 heterocycles. The summed E-state index contributed by atoms with van der Waals surface area (Å²) in [5.74, 6) is 0.700. The lowest BCUT2D eigenvalue weighted by atomic mass is 9.87. The molecule has 1 N–H and O–H groups in total. The molecule has 0 bridgehead atoms.